The van der Waals surface area contributed by atoms with Crippen molar-refractivity contribution in [1.82, 2.24) is 0 Å². The van der Waals surface area contributed by atoms with Crippen molar-refractivity contribution in [2.75, 3.05) is 0 Å². The van der Waals surface area contributed by atoms with Crippen molar-refractivity contribution in [1.29, 1.82) is 0 Å². The number of carbonyl (C=O) groups is 2. The topological polar surface area (TPSA) is 69.4 Å². The Hall–Kier alpha value is 0.1000. The number of nitrogens with two attached hydrogens (primary N) is 1. The number of unbranched alkanes of at least 4 members (excludes halogenated alkanes) is 12. The summed E-state index contributed by atoms with van der Waals surface area (Å²) in [6.45, 7) is 5.93. The van der Waals surface area contributed by atoms with Gasteiger partial charge in [0.05, 0.1) is 0 Å². The van der Waals surface area contributed by atoms with Gasteiger partial charge in [-0.1, -0.05) is 97.8 Å². The van der Waals surface area contributed by atoms with Crippen LogP contribution in [0.25, 0.3) is 0 Å². The molecule has 0 fully saturated rings. The molecule has 0 spiro atoms. The van der Waals surface area contributed by atoms with Crippen molar-refractivity contribution in [3.63, 3.8) is 0 Å². The van der Waals surface area contributed by atoms with Gasteiger partial charge in [0.1, 0.15) is 6.04 Å². The Kier molecular flexibility index (Phi) is 21.6. The van der Waals surface area contributed by atoms with Crippen molar-refractivity contribution in [3.8, 4) is 0 Å². The molecule has 0 rings (SSSR count). The molecule has 0 radical (unpaired) electrons. The Morgan fingerprint density at radius 2 is 1.15 bits per heavy atom. The first kappa shape index (κ1) is 28.3. The molecule has 1 atom stereocenters. The number of esters is 2. The first-order chi connectivity index (χ1) is 12.0. The third kappa shape index (κ3) is 17.5. The number of hydrogen-bond donors (Lipinski definition) is 1. The summed E-state index contributed by atoms with van der Waals surface area (Å²) >= 11 is 0. The molecule has 2 N–H and O–H groups in total. The monoisotopic (exact) mass is 379 g/mol. The molecule has 0 aromatic heterocycles. The van der Waals surface area contributed by atoms with Crippen LogP contribution >= 0.6 is 0 Å². The van der Waals surface area contributed by atoms with Gasteiger partial charge in [0, 0.05) is 6.42 Å². The molecule has 0 saturated carbocycles. The third-order valence-electron chi connectivity index (χ3n) is 4.69. The zero-order valence-corrected chi connectivity index (χ0v) is 16.9. The maximum absolute atomic E-state index is 11.6. The second kappa shape index (κ2) is 19.9. The van der Waals surface area contributed by atoms with E-state index in [2.05, 4.69) is 6.92 Å². The van der Waals surface area contributed by atoms with Crippen LogP contribution in [0.3, 0.4) is 0 Å². The van der Waals surface area contributed by atoms with Gasteiger partial charge in [-0.2, -0.15) is 0 Å². The van der Waals surface area contributed by atoms with Gasteiger partial charge in [-0.25, -0.2) is 4.79 Å². The van der Waals surface area contributed by atoms with Gasteiger partial charge in [-0.15, -0.1) is 0 Å². The van der Waals surface area contributed by atoms with Crippen LogP contribution in [0.4, 0.5) is 0 Å². The predicted molar refractivity (Wildman–Crippen MR) is 111 cm³/mol. The Balaban J connectivity index is 0. The van der Waals surface area contributed by atoms with Gasteiger partial charge in [0.25, 0.3) is 0 Å². The van der Waals surface area contributed by atoms with Crippen LogP contribution in [0.2, 0.25) is 0 Å². The average molecular weight is 380 g/mol. The van der Waals surface area contributed by atoms with E-state index >= 15 is 0 Å². The van der Waals surface area contributed by atoms with Crippen molar-refractivity contribution in [2.24, 2.45) is 11.7 Å². The van der Waals surface area contributed by atoms with Gasteiger partial charge >= 0.3 is 41.5 Å². The molecular weight excluding hydrogens is 337 g/mol. The van der Waals surface area contributed by atoms with Crippen molar-refractivity contribution in [2.45, 2.75) is 117 Å². The zero-order chi connectivity index (χ0) is 18.9. The minimum absolute atomic E-state index is 0. The molecule has 4 nitrogen and oxygen atoms in total. The molecule has 0 aromatic carbocycles. The third-order valence-corrected chi connectivity index (χ3v) is 4.69. The van der Waals surface area contributed by atoms with E-state index < -0.39 is 18.0 Å². The Bertz CT molecular complexity index is 348. The summed E-state index contributed by atoms with van der Waals surface area (Å²) in [7, 11) is 0. The van der Waals surface area contributed by atoms with Crippen molar-refractivity contribution < 1.29 is 14.3 Å². The van der Waals surface area contributed by atoms with Crippen molar-refractivity contribution >= 4 is 41.5 Å². The summed E-state index contributed by atoms with van der Waals surface area (Å²) in [6.07, 6.45) is 16.8. The summed E-state index contributed by atoms with van der Waals surface area (Å²) in [6, 6.07) is -0.712. The molecule has 0 bridgehead atoms. The zero-order valence-electron chi connectivity index (χ0n) is 16.9. The number of carbonyl (C=O) groups excluding carboxylic acids is 2. The summed E-state index contributed by atoms with van der Waals surface area (Å²) < 4.78 is 4.78. The van der Waals surface area contributed by atoms with E-state index in [9.17, 15) is 9.59 Å². The van der Waals surface area contributed by atoms with Gasteiger partial charge in [0.2, 0.25) is 0 Å². The maximum atomic E-state index is 11.6. The Morgan fingerprint density at radius 3 is 1.54 bits per heavy atom. The van der Waals surface area contributed by atoms with Crippen LogP contribution in [0.5, 0.6) is 0 Å². The fraction of sp³-hybridized carbons (Fsp3) is 0.905. The van der Waals surface area contributed by atoms with Crippen LogP contribution in [0.1, 0.15) is 111 Å². The Morgan fingerprint density at radius 1 is 0.769 bits per heavy atom. The second-order valence-corrected chi connectivity index (χ2v) is 7.56. The van der Waals surface area contributed by atoms with Gasteiger partial charge in [0.15, 0.2) is 0 Å². The molecule has 0 saturated heterocycles. The van der Waals surface area contributed by atoms with E-state index in [4.69, 9.17) is 10.5 Å². The summed E-state index contributed by atoms with van der Waals surface area (Å²) in [5.74, 6) is -1.06. The predicted octanol–water partition coefficient (Wildman–Crippen LogP) is 4.87. The van der Waals surface area contributed by atoms with Crippen LogP contribution < -0.4 is 5.73 Å². The quantitative estimate of drug-likeness (QED) is 0.180. The van der Waals surface area contributed by atoms with Gasteiger partial charge in [-0.05, 0) is 12.3 Å². The summed E-state index contributed by atoms with van der Waals surface area (Å²) in [4.78, 5) is 23.1. The van der Waals surface area contributed by atoms with Crippen molar-refractivity contribution in [3.05, 3.63) is 0 Å². The molecule has 0 aliphatic heterocycles. The molecule has 0 aliphatic carbocycles. The Labute approximate surface area is 183 Å². The fourth-order valence-corrected chi connectivity index (χ4v) is 2.79. The van der Waals surface area contributed by atoms with E-state index in [-0.39, 0.29) is 35.5 Å². The first-order valence-electron chi connectivity index (χ1n) is 10.5. The van der Waals surface area contributed by atoms with E-state index in [1.807, 2.05) is 13.8 Å². The molecule has 0 aliphatic rings. The molecule has 5 heteroatoms. The summed E-state index contributed by atoms with van der Waals surface area (Å²) in [5, 5.41) is 0. The fourth-order valence-electron chi connectivity index (χ4n) is 2.79. The van der Waals surface area contributed by atoms with Crippen LogP contribution in [0, 0.1) is 5.92 Å². The molecule has 0 heterocycles. The van der Waals surface area contributed by atoms with Gasteiger partial charge < -0.3 is 10.5 Å². The molecule has 150 valence electrons. The van der Waals surface area contributed by atoms with E-state index in [0.29, 0.717) is 6.42 Å². The van der Waals surface area contributed by atoms with Crippen LogP contribution in [-0.2, 0) is 14.3 Å². The minimum atomic E-state index is -0.712. The molecule has 0 aromatic rings. The normalized spacial score (nSPS) is 11.9. The van der Waals surface area contributed by atoms with Crippen LogP contribution in [-0.4, -0.2) is 47.5 Å². The molecule has 0 amide bonds. The number of rotatable bonds is 16. The van der Waals surface area contributed by atoms with Crippen LogP contribution in [0.15, 0.2) is 0 Å². The number of hydrogen-bond acceptors (Lipinski definition) is 4. The first-order valence-corrected chi connectivity index (χ1v) is 10.5. The SMILES string of the molecule is CCCCCCCCCCCCCCCC(=O)OC(=O)C(N)C(C)C.[NaH]. The summed E-state index contributed by atoms with van der Waals surface area (Å²) in [5.41, 5.74) is 5.66. The standard InChI is InChI=1S/C21H41NO3.Na.H/c1-4-5-6-7-8-9-10-11-12-13-14-15-16-17-19(23)25-21(24)20(22)18(2)3;;/h18,20H,4-17,22H2,1-3H3;;. The average Bonchev–Trinajstić information content (AvgIpc) is 2.58. The molecular formula is C21H42NNaO3. The van der Waals surface area contributed by atoms with E-state index in [0.717, 1.165) is 19.3 Å². The number of ether oxygens (including phenoxy) is 1. The van der Waals surface area contributed by atoms with E-state index in [1.54, 1.807) is 0 Å². The molecule has 1 unspecified atom stereocenters. The van der Waals surface area contributed by atoms with E-state index in [1.165, 1.54) is 64.2 Å². The van der Waals surface area contributed by atoms with Gasteiger partial charge in [-0.3, -0.25) is 4.79 Å². The second-order valence-electron chi connectivity index (χ2n) is 7.56. The molecule has 26 heavy (non-hydrogen) atoms.